The zero-order valence-corrected chi connectivity index (χ0v) is 16.3. The molecule has 1 atom stereocenters. The van der Waals surface area contributed by atoms with E-state index in [1.165, 1.54) is 32.1 Å². The molecular weight excluding hydrogens is 372 g/mol. The van der Waals surface area contributed by atoms with Gasteiger partial charge in [-0.3, -0.25) is 10.0 Å². The summed E-state index contributed by atoms with van der Waals surface area (Å²) in [6.45, 7) is 0.338. The summed E-state index contributed by atoms with van der Waals surface area (Å²) in [6, 6.07) is 0. The van der Waals surface area contributed by atoms with E-state index in [-0.39, 0.29) is 29.9 Å². The average Bonchev–Trinajstić information content (AvgIpc) is 3.27. The standard InChI is InChI=1S/C17H28N4O5S/c22-15(19-23)12-14(9-4-8-13-6-2-1-3-7-13)16-18-17(20-26-16)21-10-5-11-27(21,24)25/h13-14,23H,1-12H2,(H,19,22)/t14-/m1/s1. The van der Waals surface area contributed by atoms with Crippen molar-refractivity contribution in [1.29, 1.82) is 0 Å². The van der Waals surface area contributed by atoms with E-state index in [0.29, 0.717) is 19.4 Å². The molecule has 1 aromatic rings. The number of hydrogen-bond donors (Lipinski definition) is 2. The Kier molecular flexibility index (Phi) is 6.69. The second kappa shape index (κ2) is 9.01. The SMILES string of the molecule is O=C(C[C@@H](CCCC1CCCCC1)c1nc(N2CCCS2(=O)=O)no1)NO. The first-order chi connectivity index (χ1) is 13.0. The third-order valence-corrected chi connectivity index (χ3v) is 7.37. The van der Waals surface area contributed by atoms with Crippen molar-refractivity contribution in [3.63, 3.8) is 0 Å². The van der Waals surface area contributed by atoms with Crippen LogP contribution in [-0.4, -0.2) is 42.0 Å². The number of nitrogens with one attached hydrogen (secondary N) is 1. The summed E-state index contributed by atoms with van der Waals surface area (Å²) in [7, 11) is -3.38. The highest BCUT2D eigenvalue weighted by atomic mass is 32.2. The van der Waals surface area contributed by atoms with Crippen LogP contribution >= 0.6 is 0 Å². The van der Waals surface area contributed by atoms with Gasteiger partial charge in [0.25, 0.3) is 5.95 Å². The molecule has 10 heteroatoms. The quantitative estimate of drug-likeness (QED) is 0.506. The van der Waals surface area contributed by atoms with Gasteiger partial charge in [0.15, 0.2) is 0 Å². The predicted octanol–water partition coefficient (Wildman–Crippen LogP) is 2.34. The largest absolute Gasteiger partial charge is 0.337 e. The summed E-state index contributed by atoms with van der Waals surface area (Å²) >= 11 is 0. The van der Waals surface area contributed by atoms with E-state index in [9.17, 15) is 13.2 Å². The van der Waals surface area contributed by atoms with Gasteiger partial charge in [0.2, 0.25) is 21.8 Å². The number of hydroxylamine groups is 1. The Morgan fingerprint density at radius 3 is 2.74 bits per heavy atom. The number of nitrogens with zero attached hydrogens (tertiary/aromatic N) is 3. The molecule has 0 bridgehead atoms. The van der Waals surface area contributed by atoms with Crippen molar-refractivity contribution < 1.29 is 22.9 Å². The summed E-state index contributed by atoms with van der Waals surface area (Å²) in [5.74, 6) is 0.232. The smallest absolute Gasteiger partial charge is 0.279 e. The number of rotatable bonds is 8. The average molecular weight is 401 g/mol. The summed E-state index contributed by atoms with van der Waals surface area (Å²) in [5.41, 5.74) is 1.64. The van der Waals surface area contributed by atoms with Crippen LogP contribution in [0.2, 0.25) is 0 Å². The molecule has 0 unspecified atom stereocenters. The van der Waals surface area contributed by atoms with Crippen LogP contribution in [-0.2, 0) is 14.8 Å². The number of hydrogen-bond acceptors (Lipinski definition) is 7. The molecule has 27 heavy (non-hydrogen) atoms. The second-order valence-corrected chi connectivity index (χ2v) is 9.56. The van der Waals surface area contributed by atoms with Crippen LogP contribution in [0.15, 0.2) is 4.52 Å². The van der Waals surface area contributed by atoms with E-state index in [1.54, 1.807) is 5.48 Å². The maximum absolute atomic E-state index is 12.0. The molecule has 1 aromatic heterocycles. The molecule has 0 radical (unpaired) electrons. The first-order valence-electron chi connectivity index (χ1n) is 9.76. The lowest BCUT2D eigenvalue weighted by molar-refractivity contribution is -0.129. The molecule has 3 rings (SSSR count). The van der Waals surface area contributed by atoms with Crippen LogP contribution in [0.4, 0.5) is 5.95 Å². The second-order valence-electron chi connectivity index (χ2n) is 7.55. The molecule has 0 aromatic carbocycles. The van der Waals surface area contributed by atoms with E-state index in [0.717, 1.165) is 23.1 Å². The number of amides is 1. The van der Waals surface area contributed by atoms with Gasteiger partial charge in [0.1, 0.15) is 0 Å². The fourth-order valence-electron chi connectivity index (χ4n) is 4.07. The number of carbonyl (C=O) groups is 1. The molecule has 2 heterocycles. The lowest BCUT2D eigenvalue weighted by Crippen LogP contribution is -2.26. The summed E-state index contributed by atoms with van der Waals surface area (Å²) in [4.78, 5) is 15.9. The van der Waals surface area contributed by atoms with E-state index < -0.39 is 15.9 Å². The number of sulfonamides is 1. The van der Waals surface area contributed by atoms with Gasteiger partial charge in [-0.15, -0.1) is 0 Å². The minimum Gasteiger partial charge on any atom is -0.337 e. The maximum Gasteiger partial charge on any atom is 0.279 e. The molecule has 2 aliphatic rings. The highest BCUT2D eigenvalue weighted by Crippen LogP contribution is 2.32. The van der Waals surface area contributed by atoms with Gasteiger partial charge in [-0.05, 0) is 23.9 Å². The third kappa shape index (κ3) is 5.19. The molecule has 1 saturated heterocycles. The van der Waals surface area contributed by atoms with Crippen molar-refractivity contribution in [3.8, 4) is 0 Å². The maximum atomic E-state index is 12.0. The van der Waals surface area contributed by atoms with E-state index >= 15 is 0 Å². The third-order valence-electron chi connectivity index (χ3n) is 5.55. The molecule has 9 nitrogen and oxygen atoms in total. The summed E-state index contributed by atoms with van der Waals surface area (Å²) in [6.07, 6.45) is 9.68. The van der Waals surface area contributed by atoms with Crippen LogP contribution < -0.4 is 9.79 Å². The molecule has 1 aliphatic carbocycles. The van der Waals surface area contributed by atoms with Crippen molar-refractivity contribution in [2.24, 2.45) is 5.92 Å². The Bertz CT molecular complexity index is 729. The first-order valence-corrected chi connectivity index (χ1v) is 11.4. The minimum atomic E-state index is -3.38. The fourth-order valence-corrected chi connectivity index (χ4v) is 5.51. The van der Waals surface area contributed by atoms with Crippen LogP contribution in [0.5, 0.6) is 0 Å². The van der Waals surface area contributed by atoms with Gasteiger partial charge in [-0.1, -0.05) is 44.9 Å². The molecule has 2 N–H and O–H groups in total. The molecule has 1 saturated carbocycles. The number of carbonyl (C=O) groups excluding carboxylic acids is 1. The highest BCUT2D eigenvalue weighted by Gasteiger charge is 2.33. The monoisotopic (exact) mass is 400 g/mol. The molecule has 0 spiro atoms. The Labute approximate surface area is 159 Å². The Morgan fingerprint density at radius 2 is 2.07 bits per heavy atom. The zero-order chi connectivity index (χ0) is 19.3. The highest BCUT2D eigenvalue weighted by molar-refractivity contribution is 7.93. The van der Waals surface area contributed by atoms with Crippen molar-refractivity contribution in [2.75, 3.05) is 16.6 Å². The van der Waals surface area contributed by atoms with Crippen molar-refractivity contribution in [2.45, 2.75) is 70.1 Å². The fraction of sp³-hybridized carbons (Fsp3) is 0.824. The topological polar surface area (TPSA) is 126 Å². The predicted molar refractivity (Wildman–Crippen MR) is 97.8 cm³/mol. The number of anilines is 1. The summed E-state index contributed by atoms with van der Waals surface area (Å²) < 4.78 is 30.5. The van der Waals surface area contributed by atoms with Crippen molar-refractivity contribution in [3.05, 3.63) is 5.89 Å². The molecule has 152 valence electrons. The molecular formula is C17H28N4O5S. The van der Waals surface area contributed by atoms with Gasteiger partial charge in [-0.2, -0.15) is 4.98 Å². The normalized spacial score (nSPS) is 21.3. The van der Waals surface area contributed by atoms with Gasteiger partial charge in [-0.25, -0.2) is 18.2 Å². The van der Waals surface area contributed by atoms with Crippen LogP contribution in [0.25, 0.3) is 0 Å². The first kappa shape index (κ1) is 20.1. The number of aromatic nitrogens is 2. The van der Waals surface area contributed by atoms with Gasteiger partial charge in [0.05, 0.1) is 5.75 Å². The Morgan fingerprint density at radius 1 is 1.30 bits per heavy atom. The molecule has 1 amide bonds. The molecule has 1 aliphatic heterocycles. The van der Waals surface area contributed by atoms with Crippen LogP contribution in [0.1, 0.15) is 76.0 Å². The minimum absolute atomic E-state index is 0.0234. The zero-order valence-electron chi connectivity index (χ0n) is 15.5. The van der Waals surface area contributed by atoms with E-state index in [4.69, 9.17) is 9.73 Å². The van der Waals surface area contributed by atoms with Crippen LogP contribution in [0.3, 0.4) is 0 Å². The van der Waals surface area contributed by atoms with Gasteiger partial charge < -0.3 is 4.52 Å². The lowest BCUT2D eigenvalue weighted by Gasteiger charge is -2.22. The van der Waals surface area contributed by atoms with Gasteiger partial charge >= 0.3 is 0 Å². The van der Waals surface area contributed by atoms with Gasteiger partial charge in [0, 0.05) is 18.9 Å². The van der Waals surface area contributed by atoms with Crippen molar-refractivity contribution >= 4 is 21.9 Å². The van der Waals surface area contributed by atoms with Crippen molar-refractivity contribution in [1.82, 2.24) is 15.6 Å². The Balaban J connectivity index is 1.64. The Hall–Kier alpha value is -1.68. The summed E-state index contributed by atoms with van der Waals surface area (Å²) in [5, 5.41) is 12.7. The molecule has 2 fully saturated rings. The van der Waals surface area contributed by atoms with E-state index in [2.05, 4.69) is 10.1 Å². The van der Waals surface area contributed by atoms with Crippen LogP contribution in [0, 0.1) is 5.92 Å². The van der Waals surface area contributed by atoms with E-state index in [1.807, 2.05) is 0 Å². The lowest BCUT2D eigenvalue weighted by atomic mass is 9.84.